The van der Waals surface area contributed by atoms with Gasteiger partial charge in [0.25, 0.3) is 5.91 Å². The number of unbranched alkanes of at least 4 members (excludes halogenated alkanes) is 1. The Morgan fingerprint density at radius 3 is 1.92 bits per heavy atom. The summed E-state index contributed by atoms with van der Waals surface area (Å²) in [6.07, 6.45) is -8.37. The largest absolute Gasteiger partial charge is 0.490 e. The summed E-state index contributed by atoms with van der Waals surface area (Å²) in [5.74, 6) is -6.07. The van der Waals surface area contributed by atoms with Crippen LogP contribution in [0.4, 0.5) is 31.1 Å². The second kappa shape index (κ2) is 19.4. The number of aromatic nitrogens is 1. The summed E-state index contributed by atoms with van der Waals surface area (Å²) >= 11 is 0. The zero-order valence-corrected chi connectivity index (χ0v) is 28.4. The molecule has 8 N–H and O–H groups in total. The second-order valence-electron chi connectivity index (χ2n) is 11.5. The first-order chi connectivity index (χ1) is 24.4. The minimum atomic E-state index is -5.08. The highest BCUT2D eigenvalue weighted by molar-refractivity contribution is 5.96. The fourth-order valence-electron chi connectivity index (χ4n) is 5.19. The summed E-state index contributed by atoms with van der Waals surface area (Å²) in [5, 5.41) is 34.9. The lowest BCUT2D eigenvalue weighted by Gasteiger charge is -2.40. The maximum Gasteiger partial charge on any atom is 0.490 e. The number of carboxylic acids is 2. The molecule has 21 heteroatoms. The number of carbonyl (C=O) groups is 5. The molecule has 0 bridgehead atoms. The van der Waals surface area contributed by atoms with Gasteiger partial charge < -0.3 is 36.0 Å². The van der Waals surface area contributed by atoms with Gasteiger partial charge >= 0.3 is 30.4 Å². The number of hydroxylamine groups is 1. The molecule has 0 spiro atoms. The molecule has 2 atom stereocenters. The van der Waals surface area contributed by atoms with Crippen molar-refractivity contribution in [3.8, 4) is 5.75 Å². The van der Waals surface area contributed by atoms with Crippen LogP contribution >= 0.6 is 0 Å². The van der Waals surface area contributed by atoms with Gasteiger partial charge in [0.2, 0.25) is 5.91 Å². The Morgan fingerprint density at radius 1 is 0.981 bits per heavy atom. The molecule has 3 amide bonds. The Bertz CT molecular complexity index is 1560. The number of nitrogens with zero attached hydrogens (tertiary/aromatic N) is 2. The quantitative estimate of drug-likeness (QED) is 0.0499. The van der Waals surface area contributed by atoms with Crippen molar-refractivity contribution >= 4 is 29.8 Å². The number of carbonyl (C=O) groups excluding carboxylic acids is 2. The van der Waals surface area contributed by atoms with Crippen molar-refractivity contribution in [1.29, 1.82) is 0 Å². The third kappa shape index (κ3) is 13.6. The van der Waals surface area contributed by atoms with Gasteiger partial charge in [0, 0.05) is 24.5 Å². The van der Waals surface area contributed by atoms with Gasteiger partial charge in [0.05, 0.1) is 0 Å². The first-order valence-corrected chi connectivity index (χ1v) is 15.4. The highest BCUT2D eigenvalue weighted by Gasteiger charge is 2.54. The number of nitrogens with one attached hydrogen (secondary N) is 2. The van der Waals surface area contributed by atoms with Crippen molar-refractivity contribution < 1.29 is 75.6 Å². The number of hydrogen-bond donors (Lipinski definition) is 7. The SMILES string of the molecule is C=CC[C@](CCCCNC(=O)O)(C(=O)NO)N1CCC(N)(c2ccc(OCc3cc(C)nc(C)c3)cc2)C1=O.O=C(O)C(F)(F)F.O=C(O)C(F)(F)F. The van der Waals surface area contributed by atoms with Crippen LogP contribution in [-0.2, 0) is 31.3 Å². The molecule has 294 valence electrons. The number of halogens is 6. The molecule has 0 radical (unpaired) electrons. The number of likely N-dealkylation sites (tertiary alicyclic amines) is 1. The molecule has 1 fully saturated rings. The van der Waals surface area contributed by atoms with E-state index >= 15 is 0 Å². The first kappa shape index (κ1) is 45.6. The van der Waals surface area contributed by atoms with Crippen molar-refractivity contribution in [2.24, 2.45) is 5.73 Å². The Kier molecular flexibility index (Phi) is 16.7. The number of nitrogens with two attached hydrogens (primary N) is 1. The number of pyridine rings is 1. The van der Waals surface area contributed by atoms with Crippen LogP contribution in [0.3, 0.4) is 0 Å². The van der Waals surface area contributed by atoms with Gasteiger partial charge in [-0.2, -0.15) is 26.3 Å². The fourth-order valence-corrected chi connectivity index (χ4v) is 5.19. The third-order valence-electron chi connectivity index (χ3n) is 7.57. The van der Waals surface area contributed by atoms with Gasteiger partial charge in [0.15, 0.2) is 0 Å². The van der Waals surface area contributed by atoms with Gasteiger partial charge in [-0.1, -0.05) is 18.2 Å². The van der Waals surface area contributed by atoms with Crippen LogP contribution in [0.15, 0.2) is 49.1 Å². The maximum atomic E-state index is 13.8. The van der Waals surface area contributed by atoms with E-state index in [1.807, 2.05) is 26.0 Å². The standard InChI is InChI=1S/C28H37N5O6.2C2HF3O2/c1-4-11-27(24(34)32-38,12-5-6-14-30-26(36)37)33-15-13-28(29,25(33)35)22-7-9-23(10-8-22)39-18-21-16-19(2)31-20(3)17-21;2*3-2(4,5)1(6)7/h4,7-10,16-17,30,38H,1,5-6,11-15,18,29H2,2-3H3,(H,32,34)(H,36,37);2*(H,6,7)/t27-,28?;;/m0../s1. The molecule has 1 aromatic carbocycles. The Labute approximate surface area is 298 Å². The van der Waals surface area contributed by atoms with Crippen molar-refractivity contribution in [3.63, 3.8) is 0 Å². The fraction of sp³-hybridized carbons (Fsp3) is 0.438. The molecule has 0 saturated carbocycles. The summed E-state index contributed by atoms with van der Waals surface area (Å²) in [6, 6.07) is 10.9. The van der Waals surface area contributed by atoms with E-state index in [2.05, 4.69) is 16.9 Å². The van der Waals surface area contributed by atoms with Crippen LogP contribution in [0.1, 0.15) is 54.6 Å². The number of carboxylic acid groups (broad SMARTS) is 3. The number of aliphatic carboxylic acids is 2. The highest BCUT2D eigenvalue weighted by atomic mass is 19.4. The van der Waals surface area contributed by atoms with E-state index < -0.39 is 53.3 Å². The summed E-state index contributed by atoms with van der Waals surface area (Å²) in [4.78, 5) is 61.1. The molecule has 1 unspecified atom stereocenters. The number of benzene rings is 1. The predicted octanol–water partition coefficient (Wildman–Crippen LogP) is 4.19. The number of aryl methyl sites for hydroxylation is 2. The molecular formula is C32H39F6N5O10. The van der Waals surface area contributed by atoms with E-state index in [9.17, 15) is 45.9 Å². The first-order valence-electron chi connectivity index (χ1n) is 15.4. The van der Waals surface area contributed by atoms with Crippen LogP contribution in [-0.4, -0.2) is 91.2 Å². The molecule has 15 nitrogen and oxygen atoms in total. The van der Waals surface area contributed by atoms with E-state index in [4.69, 9.17) is 35.4 Å². The van der Waals surface area contributed by atoms with Crippen molar-refractivity contribution in [2.75, 3.05) is 13.1 Å². The monoisotopic (exact) mass is 767 g/mol. The molecule has 3 rings (SSSR count). The average Bonchev–Trinajstić information content (AvgIpc) is 3.36. The van der Waals surface area contributed by atoms with Crippen LogP contribution < -0.4 is 21.3 Å². The van der Waals surface area contributed by atoms with E-state index in [0.717, 1.165) is 17.0 Å². The molecule has 0 aliphatic carbocycles. The van der Waals surface area contributed by atoms with Gasteiger partial charge in [-0.25, -0.2) is 19.9 Å². The average molecular weight is 768 g/mol. The van der Waals surface area contributed by atoms with E-state index in [0.29, 0.717) is 30.8 Å². The Balaban J connectivity index is 0.000000845. The molecule has 2 heterocycles. The number of alkyl halides is 6. The van der Waals surface area contributed by atoms with Crippen molar-refractivity contribution in [2.45, 2.75) is 76.0 Å². The number of hydrogen-bond acceptors (Lipinski definition) is 9. The topological polar surface area (TPSA) is 242 Å². The van der Waals surface area contributed by atoms with Crippen LogP contribution in [0.25, 0.3) is 0 Å². The van der Waals surface area contributed by atoms with Gasteiger partial charge in [-0.3, -0.25) is 19.8 Å². The summed E-state index contributed by atoms with van der Waals surface area (Å²) in [5.41, 5.74) is 9.01. The smallest absolute Gasteiger partial charge is 0.489 e. The maximum absolute atomic E-state index is 13.8. The van der Waals surface area contributed by atoms with Crippen LogP contribution in [0.5, 0.6) is 5.75 Å². The normalized spacial score (nSPS) is 16.5. The zero-order chi connectivity index (χ0) is 40.8. The molecule has 1 saturated heterocycles. The molecule has 1 aliphatic rings. The summed E-state index contributed by atoms with van der Waals surface area (Å²) in [6.45, 7) is 8.36. The lowest BCUT2D eigenvalue weighted by atomic mass is 9.85. The summed E-state index contributed by atoms with van der Waals surface area (Å²) in [7, 11) is 0. The van der Waals surface area contributed by atoms with E-state index in [-0.39, 0.29) is 32.4 Å². The third-order valence-corrected chi connectivity index (χ3v) is 7.57. The van der Waals surface area contributed by atoms with Gasteiger partial charge in [-0.05, 0) is 81.3 Å². The zero-order valence-electron chi connectivity index (χ0n) is 28.4. The number of ether oxygens (including phenoxy) is 1. The molecule has 1 aliphatic heterocycles. The molecule has 1 aromatic heterocycles. The van der Waals surface area contributed by atoms with Gasteiger partial charge in [0.1, 0.15) is 23.4 Å². The molecular weight excluding hydrogens is 728 g/mol. The van der Waals surface area contributed by atoms with Gasteiger partial charge in [-0.15, -0.1) is 6.58 Å². The predicted molar refractivity (Wildman–Crippen MR) is 171 cm³/mol. The minimum absolute atomic E-state index is 0.0916. The number of rotatable bonds is 13. The van der Waals surface area contributed by atoms with Crippen LogP contribution in [0, 0.1) is 13.8 Å². The van der Waals surface area contributed by atoms with Crippen molar-refractivity contribution in [3.05, 3.63) is 71.6 Å². The van der Waals surface area contributed by atoms with E-state index in [1.165, 1.54) is 11.0 Å². The molecule has 53 heavy (non-hydrogen) atoms. The second-order valence-corrected chi connectivity index (χ2v) is 11.5. The lowest BCUT2D eigenvalue weighted by molar-refractivity contribution is -0.193. The van der Waals surface area contributed by atoms with Crippen LogP contribution in [0.2, 0.25) is 0 Å². The highest BCUT2D eigenvalue weighted by Crippen LogP contribution is 2.39. The Morgan fingerprint density at radius 2 is 1.49 bits per heavy atom. The number of amides is 3. The summed E-state index contributed by atoms with van der Waals surface area (Å²) < 4.78 is 69.4. The lowest BCUT2D eigenvalue weighted by Crippen LogP contribution is -2.61. The minimum Gasteiger partial charge on any atom is -0.489 e. The van der Waals surface area contributed by atoms with E-state index in [1.54, 1.807) is 29.7 Å². The van der Waals surface area contributed by atoms with Crippen molar-refractivity contribution in [1.82, 2.24) is 20.7 Å². The molecule has 2 aromatic rings. The Hall–Kier alpha value is -5.44.